The van der Waals surface area contributed by atoms with Crippen molar-refractivity contribution >= 4 is 11.8 Å². The highest BCUT2D eigenvalue weighted by atomic mass is 16.4. The summed E-state index contributed by atoms with van der Waals surface area (Å²) in [4.78, 5) is 17.3. The van der Waals surface area contributed by atoms with Gasteiger partial charge in [0.1, 0.15) is 5.82 Å². The van der Waals surface area contributed by atoms with Crippen LogP contribution in [0, 0.1) is 0 Å². The van der Waals surface area contributed by atoms with Gasteiger partial charge in [0, 0.05) is 12.1 Å². The number of nitrogens with zero attached hydrogens (tertiary/aromatic N) is 2. The molecule has 0 atom stereocenters. The molecule has 0 bridgehead atoms. The molecule has 0 radical (unpaired) electrons. The first-order valence-electron chi connectivity index (χ1n) is 6.65. The lowest BCUT2D eigenvalue weighted by atomic mass is 9.96. The lowest BCUT2D eigenvalue weighted by Gasteiger charge is -2.36. The van der Waals surface area contributed by atoms with E-state index >= 15 is 0 Å². The lowest BCUT2D eigenvalue weighted by molar-refractivity contribution is 0.0690. The molecule has 0 aromatic carbocycles. The highest BCUT2D eigenvalue weighted by Gasteiger charge is 2.35. The van der Waals surface area contributed by atoms with Gasteiger partial charge in [0.15, 0.2) is 5.69 Å². The molecule has 1 fully saturated rings. The van der Waals surface area contributed by atoms with Crippen molar-refractivity contribution in [3.8, 4) is 0 Å². The van der Waals surface area contributed by atoms with Gasteiger partial charge in [-0.05, 0) is 39.1 Å². The Morgan fingerprint density at radius 1 is 1.42 bits per heavy atom. The van der Waals surface area contributed by atoms with E-state index in [1.807, 2.05) is 6.07 Å². The molecule has 0 spiro atoms. The number of nitrogens with one attached hydrogen (secondary N) is 1. The normalized spacial score (nSPS) is 17.6. The molecule has 1 aliphatic carbocycles. The van der Waals surface area contributed by atoms with Gasteiger partial charge in [-0.2, -0.15) is 0 Å². The Hall–Kier alpha value is -1.62. The molecule has 104 valence electrons. The van der Waals surface area contributed by atoms with E-state index in [0.29, 0.717) is 5.82 Å². The van der Waals surface area contributed by atoms with Crippen molar-refractivity contribution < 1.29 is 9.90 Å². The third kappa shape index (κ3) is 3.04. The number of hydrogen-bond donors (Lipinski definition) is 2. The van der Waals surface area contributed by atoms with E-state index < -0.39 is 5.97 Å². The molecule has 1 aromatic rings. The minimum absolute atomic E-state index is 0.0790. The first-order chi connectivity index (χ1) is 9.03. The predicted molar refractivity (Wildman–Crippen MR) is 74.6 cm³/mol. The number of likely N-dealkylation sites (N-methyl/N-ethyl adjacent to an activating group) is 1. The third-order valence-corrected chi connectivity index (χ3v) is 4.05. The number of anilines is 1. The van der Waals surface area contributed by atoms with Crippen molar-refractivity contribution in [1.29, 1.82) is 0 Å². The van der Waals surface area contributed by atoms with E-state index in [-0.39, 0.29) is 11.2 Å². The first-order valence-corrected chi connectivity index (χ1v) is 6.65. The Kier molecular flexibility index (Phi) is 4.04. The molecule has 19 heavy (non-hydrogen) atoms. The molecule has 5 heteroatoms. The van der Waals surface area contributed by atoms with Gasteiger partial charge in [-0.15, -0.1) is 0 Å². The van der Waals surface area contributed by atoms with Crippen molar-refractivity contribution in [2.75, 3.05) is 26.0 Å². The molecule has 2 rings (SSSR count). The Labute approximate surface area is 113 Å². The zero-order chi connectivity index (χ0) is 13.9. The second-order valence-corrected chi connectivity index (χ2v) is 5.39. The minimum Gasteiger partial charge on any atom is -0.477 e. The number of hydrogen-bond acceptors (Lipinski definition) is 4. The van der Waals surface area contributed by atoms with Crippen LogP contribution in [-0.2, 0) is 0 Å². The fraction of sp³-hybridized carbons (Fsp3) is 0.571. The zero-order valence-electron chi connectivity index (χ0n) is 11.5. The Bertz CT molecular complexity index is 454. The highest BCUT2D eigenvalue weighted by Crippen LogP contribution is 2.33. The molecule has 1 aromatic heterocycles. The molecule has 2 N–H and O–H groups in total. The fourth-order valence-corrected chi connectivity index (χ4v) is 2.72. The van der Waals surface area contributed by atoms with Crippen LogP contribution in [0.1, 0.15) is 36.2 Å². The molecule has 0 amide bonds. The summed E-state index contributed by atoms with van der Waals surface area (Å²) in [7, 11) is 4.21. The summed E-state index contributed by atoms with van der Waals surface area (Å²) in [5, 5.41) is 12.2. The summed E-state index contributed by atoms with van der Waals surface area (Å²) >= 11 is 0. The van der Waals surface area contributed by atoms with E-state index in [1.165, 1.54) is 31.7 Å². The average Bonchev–Trinajstić information content (AvgIpc) is 2.87. The summed E-state index contributed by atoms with van der Waals surface area (Å²) in [6.07, 6.45) is 4.85. The molecule has 0 aliphatic heterocycles. The van der Waals surface area contributed by atoms with Crippen LogP contribution in [-0.4, -0.2) is 47.1 Å². The van der Waals surface area contributed by atoms with Crippen LogP contribution in [0.15, 0.2) is 18.2 Å². The summed E-state index contributed by atoms with van der Waals surface area (Å²) in [6.45, 7) is 0.802. The molecule has 1 aliphatic rings. The number of carbonyl (C=O) groups is 1. The van der Waals surface area contributed by atoms with Gasteiger partial charge in [-0.1, -0.05) is 18.9 Å². The van der Waals surface area contributed by atoms with Crippen molar-refractivity contribution in [2.45, 2.75) is 31.2 Å². The SMILES string of the molecule is CN(C)C1(CNc2cccc(C(=O)O)n2)CCCC1. The maximum absolute atomic E-state index is 10.9. The Morgan fingerprint density at radius 3 is 2.68 bits per heavy atom. The van der Waals surface area contributed by atoms with Gasteiger partial charge < -0.3 is 15.3 Å². The fourth-order valence-electron chi connectivity index (χ4n) is 2.72. The maximum atomic E-state index is 10.9. The maximum Gasteiger partial charge on any atom is 0.354 e. The minimum atomic E-state index is -0.994. The van der Waals surface area contributed by atoms with Crippen LogP contribution in [0.5, 0.6) is 0 Å². The first kappa shape index (κ1) is 13.8. The van der Waals surface area contributed by atoms with Gasteiger partial charge >= 0.3 is 5.97 Å². The molecule has 0 unspecified atom stereocenters. The van der Waals surface area contributed by atoms with Crippen LogP contribution in [0.2, 0.25) is 0 Å². The second kappa shape index (κ2) is 5.57. The van der Waals surface area contributed by atoms with Crippen molar-refractivity contribution in [1.82, 2.24) is 9.88 Å². The van der Waals surface area contributed by atoms with Crippen LogP contribution >= 0.6 is 0 Å². The number of pyridine rings is 1. The summed E-state index contributed by atoms with van der Waals surface area (Å²) < 4.78 is 0. The van der Waals surface area contributed by atoms with E-state index in [1.54, 1.807) is 6.07 Å². The number of carboxylic acids is 1. The zero-order valence-corrected chi connectivity index (χ0v) is 11.5. The van der Waals surface area contributed by atoms with Gasteiger partial charge in [-0.3, -0.25) is 0 Å². The van der Waals surface area contributed by atoms with Crippen molar-refractivity contribution in [3.63, 3.8) is 0 Å². The van der Waals surface area contributed by atoms with Crippen LogP contribution in [0.4, 0.5) is 5.82 Å². The molecular formula is C14H21N3O2. The standard InChI is InChI=1S/C14H21N3O2/c1-17(2)14(8-3-4-9-14)10-15-12-7-5-6-11(16-12)13(18)19/h5-7H,3-4,8-10H2,1-2H3,(H,15,16)(H,18,19). The number of aromatic carboxylic acids is 1. The topological polar surface area (TPSA) is 65.5 Å². The molecule has 1 heterocycles. The van der Waals surface area contributed by atoms with Gasteiger partial charge in [0.05, 0.1) is 0 Å². The predicted octanol–water partition coefficient (Wildman–Crippen LogP) is 2.07. The van der Waals surface area contributed by atoms with Gasteiger partial charge in [-0.25, -0.2) is 9.78 Å². The third-order valence-electron chi connectivity index (χ3n) is 4.05. The molecule has 0 saturated heterocycles. The number of aromatic nitrogens is 1. The smallest absolute Gasteiger partial charge is 0.354 e. The highest BCUT2D eigenvalue weighted by molar-refractivity contribution is 5.85. The summed E-state index contributed by atoms with van der Waals surface area (Å²) in [5.74, 6) is -0.361. The molecule has 5 nitrogen and oxygen atoms in total. The molecule has 1 saturated carbocycles. The van der Waals surface area contributed by atoms with E-state index in [4.69, 9.17) is 5.11 Å². The largest absolute Gasteiger partial charge is 0.477 e. The van der Waals surface area contributed by atoms with E-state index in [0.717, 1.165) is 6.54 Å². The monoisotopic (exact) mass is 263 g/mol. The van der Waals surface area contributed by atoms with E-state index in [9.17, 15) is 4.79 Å². The van der Waals surface area contributed by atoms with Crippen LogP contribution in [0.25, 0.3) is 0 Å². The van der Waals surface area contributed by atoms with E-state index in [2.05, 4.69) is 29.3 Å². The van der Waals surface area contributed by atoms with Crippen LogP contribution in [0.3, 0.4) is 0 Å². The summed E-state index contributed by atoms with van der Waals surface area (Å²) in [6, 6.07) is 5.03. The summed E-state index contributed by atoms with van der Waals surface area (Å²) in [5.41, 5.74) is 0.247. The van der Waals surface area contributed by atoms with Gasteiger partial charge in [0.25, 0.3) is 0 Å². The van der Waals surface area contributed by atoms with Crippen LogP contribution < -0.4 is 5.32 Å². The van der Waals surface area contributed by atoms with Crippen molar-refractivity contribution in [3.05, 3.63) is 23.9 Å². The number of rotatable bonds is 5. The average molecular weight is 263 g/mol. The Balaban J connectivity index is 2.05. The Morgan fingerprint density at radius 2 is 2.11 bits per heavy atom. The number of carboxylic acid groups (broad SMARTS) is 1. The quantitative estimate of drug-likeness (QED) is 0.851. The van der Waals surface area contributed by atoms with Gasteiger partial charge in [0.2, 0.25) is 0 Å². The second-order valence-electron chi connectivity index (χ2n) is 5.39. The lowest BCUT2D eigenvalue weighted by Crippen LogP contribution is -2.47. The molecular weight excluding hydrogens is 242 g/mol. The van der Waals surface area contributed by atoms with Crippen molar-refractivity contribution in [2.24, 2.45) is 0 Å².